The molecule has 1 N–H and O–H groups in total. The van der Waals surface area contributed by atoms with Crippen LogP contribution in [0.1, 0.15) is 36.5 Å². The minimum absolute atomic E-state index is 0.140. The van der Waals surface area contributed by atoms with Gasteiger partial charge in [-0.25, -0.2) is 8.42 Å². The molecule has 7 nitrogen and oxygen atoms in total. The van der Waals surface area contributed by atoms with E-state index in [4.69, 9.17) is 11.6 Å². The standard InChI is InChI=1S/C22H26ClN3O4S/c1-3-20(26(31(2,29)30)17-12-10-16(23)11-13-17)21(27)24-19-9-5-4-8-18(19)22(28)25-14-6-7-15-25/h4-5,8-13,20H,3,6-7,14-15H2,1-2H3,(H,24,27). The third kappa shape index (κ3) is 5.37. The van der Waals surface area contributed by atoms with Gasteiger partial charge in [-0.3, -0.25) is 13.9 Å². The van der Waals surface area contributed by atoms with Crippen molar-refractivity contribution in [1.82, 2.24) is 4.90 Å². The van der Waals surface area contributed by atoms with Gasteiger partial charge >= 0.3 is 0 Å². The van der Waals surface area contributed by atoms with E-state index in [1.54, 1.807) is 60.4 Å². The summed E-state index contributed by atoms with van der Waals surface area (Å²) in [6, 6.07) is 12.1. The molecule has 1 heterocycles. The van der Waals surface area contributed by atoms with Crippen LogP contribution in [0.2, 0.25) is 5.02 Å². The second-order valence-corrected chi connectivity index (χ2v) is 9.79. The van der Waals surface area contributed by atoms with E-state index in [2.05, 4.69) is 5.32 Å². The maximum atomic E-state index is 13.2. The summed E-state index contributed by atoms with van der Waals surface area (Å²) < 4.78 is 26.2. The highest BCUT2D eigenvalue weighted by atomic mass is 35.5. The zero-order valence-corrected chi connectivity index (χ0v) is 19.1. The zero-order valence-electron chi connectivity index (χ0n) is 17.5. The van der Waals surface area contributed by atoms with Gasteiger partial charge in [0.2, 0.25) is 15.9 Å². The van der Waals surface area contributed by atoms with Crippen molar-refractivity contribution in [3.8, 4) is 0 Å². The number of nitrogens with zero attached hydrogens (tertiary/aromatic N) is 2. The van der Waals surface area contributed by atoms with E-state index in [1.165, 1.54) is 0 Å². The lowest BCUT2D eigenvalue weighted by Crippen LogP contribution is -2.47. The van der Waals surface area contributed by atoms with Gasteiger partial charge in [-0.1, -0.05) is 30.7 Å². The molecule has 9 heteroatoms. The Morgan fingerprint density at radius 1 is 1.10 bits per heavy atom. The third-order valence-electron chi connectivity index (χ3n) is 5.22. The van der Waals surface area contributed by atoms with Crippen LogP contribution in [0.25, 0.3) is 0 Å². The summed E-state index contributed by atoms with van der Waals surface area (Å²) in [5.41, 5.74) is 1.10. The summed E-state index contributed by atoms with van der Waals surface area (Å²) in [5.74, 6) is -0.649. The second-order valence-electron chi connectivity index (χ2n) is 7.49. The predicted molar refractivity (Wildman–Crippen MR) is 123 cm³/mol. The van der Waals surface area contributed by atoms with E-state index in [1.807, 2.05) is 0 Å². The molecule has 1 aliphatic rings. The summed E-state index contributed by atoms with van der Waals surface area (Å²) >= 11 is 5.93. The lowest BCUT2D eigenvalue weighted by atomic mass is 10.1. The number of carbonyl (C=O) groups excluding carboxylic acids is 2. The van der Waals surface area contributed by atoms with Crippen molar-refractivity contribution in [2.75, 3.05) is 29.0 Å². The zero-order chi connectivity index (χ0) is 22.6. The lowest BCUT2D eigenvalue weighted by Gasteiger charge is -2.30. The Labute approximate surface area is 188 Å². The molecule has 2 aromatic rings. The number of likely N-dealkylation sites (tertiary alicyclic amines) is 1. The quantitative estimate of drug-likeness (QED) is 0.677. The Bertz CT molecular complexity index is 1050. The molecule has 0 aliphatic carbocycles. The largest absolute Gasteiger partial charge is 0.339 e. The molecule has 166 valence electrons. The molecule has 31 heavy (non-hydrogen) atoms. The smallest absolute Gasteiger partial charge is 0.255 e. The molecule has 0 radical (unpaired) electrons. The number of halogens is 1. The number of hydrogen-bond acceptors (Lipinski definition) is 4. The Balaban J connectivity index is 1.90. The van der Waals surface area contributed by atoms with Crippen LogP contribution in [0.4, 0.5) is 11.4 Å². The molecule has 1 fully saturated rings. The normalized spacial score (nSPS) is 14.9. The Hall–Kier alpha value is -2.58. The molecule has 1 atom stereocenters. The predicted octanol–water partition coefficient (Wildman–Crippen LogP) is 3.76. The van der Waals surface area contributed by atoms with Gasteiger partial charge < -0.3 is 10.2 Å². The van der Waals surface area contributed by atoms with Gasteiger partial charge in [0.1, 0.15) is 6.04 Å². The van der Waals surface area contributed by atoms with Crippen LogP contribution in [-0.2, 0) is 14.8 Å². The molecule has 1 saturated heterocycles. The molecule has 3 rings (SSSR count). The van der Waals surface area contributed by atoms with Crippen LogP contribution in [-0.4, -0.2) is 50.5 Å². The van der Waals surface area contributed by atoms with Gasteiger partial charge in [0.15, 0.2) is 0 Å². The first-order valence-corrected chi connectivity index (χ1v) is 12.4. The van der Waals surface area contributed by atoms with Crippen molar-refractivity contribution in [3.63, 3.8) is 0 Å². The molecule has 2 amide bonds. The van der Waals surface area contributed by atoms with Crippen LogP contribution < -0.4 is 9.62 Å². The molecular weight excluding hydrogens is 438 g/mol. The molecule has 0 aromatic heterocycles. The van der Waals surface area contributed by atoms with E-state index in [0.29, 0.717) is 35.1 Å². The van der Waals surface area contributed by atoms with E-state index in [9.17, 15) is 18.0 Å². The van der Waals surface area contributed by atoms with Gasteiger partial charge in [0.05, 0.1) is 23.2 Å². The Morgan fingerprint density at radius 2 is 1.71 bits per heavy atom. The van der Waals surface area contributed by atoms with Crippen molar-refractivity contribution in [2.24, 2.45) is 0 Å². The summed E-state index contributed by atoms with van der Waals surface area (Å²) in [6.45, 7) is 3.12. The van der Waals surface area contributed by atoms with Gasteiger partial charge in [0.25, 0.3) is 5.91 Å². The average Bonchev–Trinajstić information content (AvgIpc) is 3.26. The fourth-order valence-electron chi connectivity index (χ4n) is 3.73. The number of nitrogens with one attached hydrogen (secondary N) is 1. The number of sulfonamides is 1. The minimum atomic E-state index is -3.76. The fourth-order valence-corrected chi connectivity index (χ4v) is 5.07. The van der Waals surface area contributed by atoms with Crippen LogP contribution in [0, 0.1) is 0 Å². The second kappa shape index (κ2) is 9.70. The average molecular weight is 464 g/mol. The Kier molecular flexibility index (Phi) is 7.23. The molecule has 0 spiro atoms. The molecule has 1 unspecified atom stereocenters. The number of para-hydroxylation sites is 1. The number of hydrogen-bond donors (Lipinski definition) is 1. The Morgan fingerprint density at radius 3 is 2.29 bits per heavy atom. The molecular formula is C22H26ClN3O4S. The van der Waals surface area contributed by atoms with E-state index in [0.717, 1.165) is 23.4 Å². The van der Waals surface area contributed by atoms with Crippen molar-refractivity contribution in [3.05, 3.63) is 59.1 Å². The minimum Gasteiger partial charge on any atom is -0.339 e. The van der Waals surface area contributed by atoms with Crippen LogP contribution in [0.5, 0.6) is 0 Å². The molecule has 0 bridgehead atoms. The molecule has 2 aromatic carbocycles. The van der Waals surface area contributed by atoms with E-state index < -0.39 is 22.0 Å². The van der Waals surface area contributed by atoms with Crippen LogP contribution >= 0.6 is 11.6 Å². The summed E-state index contributed by atoms with van der Waals surface area (Å²) in [5, 5.41) is 3.24. The van der Waals surface area contributed by atoms with Crippen molar-refractivity contribution in [2.45, 2.75) is 32.2 Å². The monoisotopic (exact) mass is 463 g/mol. The van der Waals surface area contributed by atoms with Gasteiger partial charge in [0, 0.05) is 18.1 Å². The number of amides is 2. The molecule has 1 aliphatic heterocycles. The maximum absolute atomic E-state index is 13.2. The van der Waals surface area contributed by atoms with Crippen LogP contribution in [0.15, 0.2) is 48.5 Å². The number of rotatable bonds is 7. The van der Waals surface area contributed by atoms with Crippen LogP contribution in [0.3, 0.4) is 0 Å². The fraction of sp³-hybridized carbons (Fsp3) is 0.364. The summed E-state index contributed by atoms with van der Waals surface area (Å²) in [7, 11) is -3.76. The van der Waals surface area contributed by atoms with E-state index >= 15 is 0 Å². The number of benzene rings is 2. The van der Waals surface area contributed by atoms with E-state index in [-0.39, 0.29) is 12.3 Å². The first-order chi connectivity index (χ1) is 14.7. The van der Waals surface area contributed by atoms with Gasteiger partial charge in [-0.2, -0.15) is 0 Å². The highest BCUT2D eigenvalue weighted by molar-refractivity contribution is 7.92. The molecule has 0 saturated carbocycles. The number of carbonyl (C=O) groups is 2. The topological polar surface area (TPSA) is 86.8 Å². The van der Waals surface area contributed by atoms with Crippen molar-refractivity contribution in [1.29, 1.82) is 0 Å². The lowest BCUT2D eigenvalue weighted by molar-refractivity contribution is -0.117. The van der Waals surface area contributed by atoms with Crippen molar-refractivity contribution >= 4 is 44.8 Å². The first-order valence-electron chi connectivity index (χ1n) is 10.2. The van der Waals surface area contributed by atoms with Crippen molar-refractivity contribution < 1.29 is 18.0 Å². The SMILES string of the molecule is CCC(C(=O)Nc1ccccc1C(=O)N1CCCC1)N(c1ccc(Cl)cc1)S(C)(=O)=O. The van der Waals surface area contributed by atoms with Gasteiger partial charge in [-0.05, 0) is 55.7 Å². The maximum Gasteiger partial charge on any atom is 0.255 e. The summed E-state index contributed by atoms with van der Waals surface area (Å²) in [4.78, 5) is 27.9. The highest BCUT2D eigenvalue weighted by Gasteiger charge is 2.32. The summed E-state index contributed by atoms with van der Waals surface area (Å²) in [6.07, 6.45) is 3.22. The highest BCUT2D eigenvalue weighted by Crippen LogP contribution is 2.26. The van der Waals surface area contributed by atoms with Gasteiger partial charge in [-0.15, -0.1) is 0 Å². The first kappa shape index (κ1) is 23.1. The number of anilines is 2. The third-order valence-corrected chi connectivity index (χ3v) is 6.65.